The van der Waals surface area contributed by atoms with Crippen LogP contribution < -0.4 is 5.32 Å². The minimum atomic E-state index is 0.852. The Bertz CT molecular complexity index is 214. The monoisotopic (exact) mass is 251 g/mol. The summed E-state index contributed by atoms with van der Waals surface area (Å²) in [5.74, 6) is 3.27. The number of hydrogen-bond acceptors (Lipinski definition) is 1. The Morgan fingerprint density at radius 1 is 0.944 bits per heavy atom. The molecule has 2 saturated carbocycles. The molecule has 18 heavy (non-hydrogen) atoms. The molecule has 2 aliphatic carbocycles. The summed E-state index contributed by atoms with van der Waals surface area (Å²) in [5.41, 5.74) is 0. The highest BCUT2D eigenvalue weighted by Crippen LogP contribution is 2.57. The quantitative estimate of drug-likeness (QED) is 0.583. The first-order chi connectivity index (χ1) is 8.88. The third kappa shape index (κ3) is 3.73. The van der Waals surface area contributed by atoms with Crippen LogP contribution in [0.15, 0.2) is 0 Å². The van der Waals surface area contributed by atoms with Gasteiger partial charge in [0.25, 0.3) is 0 Å². The minimum absolute atomic E-state index is 0.852. The van der Waals surface area contributed by atoms with Gasteiger partial charge in [-0.25, -0.2) is 0 Å². The summed E-state index contributed by atoms with van der Waals surface area (Å²) in [7, 11) is 0. The zero-order valence-corrected chi connectivity index (χ0v) is 12.6. The van der Waals surface area contributed by atoms with Crippen molar-refractivity contribution in [2.75, 3.05) is 6.54 Å². The largest absolute Gasteiger partial charge is 0.314 e. The molecule has 1 nitrogen and oxygen atoms in total. The van der Waals surface area contributed by atoms with Crippen LogP contribution in [-0.2, 0) is 0 Å². The zero-order chi connectivity index (χ0) is 12.8. The molecule has 3 unspecified atom stereocenters. The second-order valence-corrected chi connectivity index (χ2v) is 6.56. The number of unbranched alkanes of at least 4 members (excludes halogenated alkanes) is 4. The van der Waals surface area contributed by atoms with Crippen LogP contribution in [0.5, 0.6) is 0 Å². The second-order valence-electron chi connectivity index (χ2n) is 6.56. The van der Waals surface area contributed by atoms with Crippen molar-refractivity contribution in [3.63, 3.8) is 0 Å². The Labute approximate surface area is 114 Å². The minimum Gasteiger partial charge on any atom is -0.314 e. The topological polar surface area (TPSA) is 12.0 Å². The summed E-state index contributed by atoms with van der Waals surface area (Å²) in [6.45, 7) is 5.74. The average Bonchev–Trinajstić information content (AvgIpc) is 3.11. The molecule has 0 aliphatic heterocycles. The van der Waals surface area contributed by atoms with E-state index in [1.807, 2.05) is 0 Å². The van der Waals surface area contributed by atoms with E-state index >= 15 is 0 Å². The molecule has 0 aromatic rings. The van der Waals surface area contributed by atoms with E-state index in [2.05, 4.69) is 19.2 Å². The molecule has 2 aliphatic rings. The molecule has 3 atom stereocenters. The Hall–Kier alpha value is -0.0400. The lowest BCUT2D eigenvalue weighted by Crippen LogP contribution is -2.32. The third-order valence-corrected chi connectivity index (χ3v) is 5.27. The molecule has 0 radical (unpaired) electrons. The van der Waals surface area contributed by atoms with E-state index in [0.717, 1.165) is 30.3 Å². The Balaban J connectivity index is 1.68. The number of nitrogens with one attached hydrogen (secondary N) is 1. The predicted octanol–water partition coefficient (Wildman–Crippen LogP) is 4.76. The van der Waals surface area contributed by atoms with Gasteiger partial charge in [-0.1, -0.05) is 58.8 Å². The molecule has 1 heteroatoms. The van der Waals surface area contributed by atoms with Crippen molar-refractivity contribution in [2.45, 2.75) is 84.1 Å². The molecular weight excluding hydrogens is 218 g/mol. The van der Waals surface area contributed by atoms with Crippen molar-refractivity contribution in [1.29, 1.82) is 0 Å². The van der Waals surface area contributed by atoms with Crippen LogP contribution in [-0.4, -0.2) is 12.6 Å². The van der Waals surface area contributed by atoms with E-state index in [9.17, 15) is 0 Å². The smallest absolute Gasteiger partial charge is 0.0101 e. The van der Waals surface area contributed by atoms with Gasteiger partial charge in [0.2, 0.25) is 0 Å². The zero-order valence-electron chi connectivity index (χ0n) is 12.6. The van der Waals surface area contributed by atoms with Gasteiger partial charge in [0.05, 0.1) is 0 Å². The van der Waals surface area contributed by atoms with Gasteiger partial charge in [0, 0.05) is 6.04 Å². The molecule has 0 heterocycles. The average molecular weight is 251 g/mol. The van der Waals surface area contributed by atoms with Crippen LogP contribution in [0.3, 0.4) is 0 Å². The van der Waals surface area contributed by atoms with Crippen molar-refractivity contribution < 1.29 is 0 Å². The van der Waals surface area contributed by atoms with Gasteiger partial charge >= 0.3 is 0 Å². The lowest BCUT2D eigenvalue weighted by atomic mass is 10.0. The Kier molecular flexibility index (Phi) is 6.01. The van der Waals surface area contributed by atoms with E-state index in [1.165, 1.54) is 64.2 Å². The van der Waals surface area contributed by atoms with Gasteiger partial charge in [0.15, 0.2) is 0 Å². The van der Waals surface area contributed by atoms with Gasteiger partial charge in [-0.15, -0.1) is 0 Å². The third-order valence-electron chi connectivity index (χ3n) is 5.27. The number of hydrogen-bond donors (Lipinski definition) is 1. The van der Waals surface area contributed by atoms with Gasteiger partial charge in [0.1, 0.15) is 0 Å². The summed E-state index contributed by atoms with van der Waals surface area (Å²) in [6, 6.07) is 0.852. The number of rotatable bonds is 9. The number of fused-ring (bicyclic) bond motifs is 1. The lowest BCUT2D eigenvalue weighted by Gasteiger charge is -2.18. The molecule has 2 fully saturated rings. The molecular formula is C17H33N. The van der Waals surface area contributed by atoms with E-state index in [1.54, 1.807) is 0 Å². The molecule has 2 rings (SSSR count). The first kappa shape index (κ1) is 14.4. The first-order valence-corrected chi connectivity index (χ1v) is 8.61. The van der Waals surface area contributed by atoms with Crippen LogP contribution in [0.4, 0.5) is 0 Å². The SMILES string of the molecule is CCCCCCCC(NCC)C1C2CCCCC21. The van der Waals surface area contributed by atoms with Gasteiger partial charge in [-0.3, -0.25) is 0 Å². The summed E-state index contributed by atoms with van der Waals surface area (Å²) in [6.07, 6.45) is 14.7. The maximum absolute atomic E-state index is 3.79. The summed E-state index contributed by atoms with van der Waals surface area (Å²) < 4.78 is 0. The summed E-state index contributed by atoms with van der Waals surface area (Å²) >= 11 is 0. The fourth-order valence-electron chi connectivity index (χ4n) is 4.31. The van der Waals surface area contributed by atoms with Gasteiger partial charge in [-0.05, 0) is 43.6 Å². The molecule has 1 N–H and O–H groups in total. The van der Waals surface area contributed by atoms with E-state index < -0.39 is 0 Å². The van der Waals surface area contributed by atoms with E-state index in [-0.39, 0.29) is 0 Å². The fraction of sp³-hybridized carbons (Fsp3) is 1.00. The fourth-order valence-corrected chi connectivity index (χ4v) is 4.31. The van der Waals surface area contributed by atoms with Crippen LogP contribution in [0.25, 0.3) is 0 Å². The van der Waals surface area contributed by atoms with Crippen LogP contribution >= 0.6 is 0 Å². The standard InChI is InChI=1S/C17H33N/c1-3-5-6-7-8-13-16(18-4-2)17-14-11-9-10-12-15(14)17/h14-18H,3-13H2,1-2H3. The highest BCUT2D eigenvalue weighted by molar-refractivity contribution is 5.04. The maximum Gasteiger partial charge on any atom is 0.0101 e. The molecule has 0 bridgehead atoms. The molecule has 0 aromatic carbocycles. The van der Waals surface area contributed by atoms with Crippen LogP contribution in [0, 0.1) is 17.8 Å². The van der Waals surface area contributed by atoms with E-state index in [4.69, 9.17) is 0 Å². The highest BCUT2D eigenvalue weighted by atomic mass is 14.9. The maximum atomic E-state index is 3.79. The van der Waals surface area contributed by atoms with E-state index in [0.29, 0.717) is 0 Å². The van der Waals surface area contributed by atoms with Crippen LogP contribution in [0.2, 0.25) is 0 Å². The van der Waals surface area contributed by atoms with Gasteiger partial charge in [-0.2, -0.15) is 0 Å². The van der Waals surface area contributed by atoms with Crippen molar-refractivity contribution >= 4 is 0 Å². The molecule has 0 saturated heterocycles. The molecule has 106 valence electrons. The Morgan fingerprint density at radius 2 is 1.61 bits per heavy atom. The lowest BCUT2D eigenvalue weighted by molar-refractivity contribution is 0.397. The van der Waals surface area contributed by atoms with Gasteiger partial charge < -0.3 is 5.32 Å². The normalized spacial score (nSPS) is 32.0. The molecule has 0 spiro atoms. The summed E-state index contributed by atoms with van der Waals surface area (Å²) in [4.78, 5) is 0. The van der Waals surface area contributed by atoms with Crippen molar-refractivity contribution in [1.82, 2.24) is 5.32 Å². The predicted molar refractivity (Wildman–Crippen MR) is 79.8 cm³/mol. The molecule has 0 amide bonds. The first-order valence-electron chi connectivity index (χ1n) is 8.61. The highest BCUT2D eigenvalue weighted by Gasteiger charge is 2.53. The van der Waals surface area contributed by atoms with Crippen molar-refractivity contribution in [3.05, 3.63) is 0 Å². The van der Waals surface area contributed by atoms with Crippen molar-refractivity contribution in [3.8, 4) is 0 Å². The summed E-state index contributed by atoms with van der Waals surface area (Å²) in [5, 5.41) is 3.79. The van der Waals surface area contributed by atoms with Crippen LogP contribution in [0.1, 0.15) is 78.1 Å². The second kappa shape index (κ2) is 7.53. The Morgan fingerprint density at radius 3 is 2.22 bits per heavy atom. The van der Waals surface area contributed by atoms with Crippen molar-refractivity contribution in [2.24, 2.45) is 17.8 Å². The molecule has 0 aromatic heterocycles.